The van der Waals surface area contributed by atoms with Crippen LogP contribution in [-0.4, -0.2) is 10.1 Å². The number of phenolic OH excluding ortho intramolecular Hbond substituents is 1. The van der Waals surface area contributed by atoms with E-state index in [0.29, 0.717) is 10.5 Å². The number of benzene rings is 3. The lowest BCUT2D eigenvalue weighted by molar-refractivity contribution is 0.471. The Morgan fingerprint density at radius 2 is 1.59 bits per heavy atom. The second-order valence-corrected chi connectivity index (χ2v) is 6.90. The van der Waals surface area contributed by atoms with E-state index in [9.17, 15) is 5.11 Å². The van der Waals surface area contributed by atoms with Gasteiger partial charge >= 0.3 is 0 Å². The fourth-order valence-electron chi connectivity index (χ4n) is 3.24. The molecule has 0 spiro atoms. The topological polar surface area (TPSA) is 45.1 Å². The van der Waals surface area contributed by atoms with Gasteiger partial charge in [0.25, 0.3) is 0 Å². The number of nitrogens with one attached hydrogen (secondary N) is 1. The number of para-hydroxylation sites is 1. The lowest BCUT2D eigenvalue weighted by atomic mass is 9.96. The lowest BCUT2D eigenvalue weighted by Crippen LogP contribution is -2.13. The Kier molecular flexibility index (Phi) is 4.69. The summed E-state index contributed by atoms with van der Waals surface area (Å²) in [5.74, 6) is 0.185. The average Bonchev–Trinajstić information content (AvgIpc) is 2.69. The van der Waals surface area contributed by atoms with Gasteiger partial charge in [-0.15, -0.1) is 0 Å². The van der Waals surface area contributed by atoms with Crippen LogP contribution in [0.3, 0.4) is 0 Å². The number of hydrogen-bond donors (Lipinski definition) is 2. The van der Waals surface area contributed by atoms with Crippen LogP contribution in [0, 0.1) is 6.92 Å². The van der Waals surface area contributed by atoms with Crippen LogP contribution in [0.4, 0.5) is 5.69 Å². The summed E-state index contributed by atoms with van der Waals surface area (Å²) >= 11 is 6.36. The van der Waals surface area contributed by atoms with E-state index in [1.807, 2.05) is 85.8 Å². The minimum absolute atomic E-state index is 0.185. The first-order valence-corrected chi connectivity index (χ1v) is 9.16. The van der Waals surface area contributed by atoms with E-state index in [-0.39, 0.29) is 11.8 Å². The Morgan fingerprint density at radius 3 is 2.37 bits per heavy atom. The van der Waals surface area contributed by atoms with Crippen molar-refractivity contribution in [3.63, 3.8) is 0 Å². The third-order valence-electron chi connectivity index (χ3n) is 4.62. The molecule has 1 heterocycles. The zero-order valence-corrected chi connectivity index (χ0v) is 15.6. The van der Waals surface area contributed by atoms with Gasteiger partial charge < -0.3 is 10.4 Å². The SMILES string of the molecule is Cc1ccc2ccc(C(Nc3ccccc3Cl)c3ccccc3)c(O)c2n1. The van der Waals surface area contributed by atoms with Crippen molar-refractivity contribution in [1.29, 1.82) is 0 Å². The number of nitrogens with zero attached hydrogens (tertiary/aromatic N) is 1. The van der Waals surface area contributed by atoms with Crippen molar-refractivity contribution >= 4 is 28.2 Å². The van der Waals surface area contributed by atoms with Gasteiger partial charge in [0.05, 0.1) is 16.8 Å². The van der Waals surface area contributed by atoms with Crippen molar-refractivity contribution in [2.75, 3.05) is 5.32 Å². The molecule has 4 rings (SSSR count). The fraction of sp³-hybridized carbons (Fsp3) is 0.0870. The van der Waals surface area contributed by atoms with Gasteiger partial charge in [-0.25, -0.2) is 4.98 Å². The van der Waals surface area contributed by atoms with E-state index >= 15 is 0 Å². The summed E-state index contributed by atoms with van der Waals surface area (Å²) in [6.45, 7) is 1.92. The number of aryl methyl sites for hydroxylation is 1. The maximum atomic E-state index is 11.0. The van der Waals surface area contributed by atoms with E-state index in [1.165, 1.54) is 0 Å². The van der Waals surface area contributed by atoms with Crippen LogP contribution in [0.5, 0.6) is 5.75 Å². The molecule has 0 amide bonds. The zero-order chi connectivity index (χ0) is 18.8. The first kappa shape index (κ1) is 17.4. The van der Waals surface area contributed by atoms with Crippen LogP contribution in [0.25, 0.3) is 10.9 Å². The molecule has 0 aliphatic heterocycles. The number of pyridine rings is 1. The number of rotatable bonds is 4. The summed E-state index contributed by atoms with van der Waals surface area (Å²) in [7, 11) is 0. The van der Waals surface area contributed by atoms with Gasteiger partial charge in [0.1, 0.15) is 11.3 Å². The van der Waals surface area contributed by atoms with Gasteiger partial charge in [-0.2, -0.15) is 0 Å². The zero-order valence-electron chi connectivity index (χ0n) is 14.9. The first-order chi connectivity index (χ1) is 13.1. The Hall–Kier alpha value is -3.04. The third kappa shape index (κ3) is 3.46. The molecule has 1 unspecified atom stereocenters. The van der Waals surface area contributed by atoms with Crippen molar-refractivity contribution in [3.8, 4) is 5.75 Å². The van der Waals surface area contributed by atoms with Crippen LogP contribution < -0.4 is 5.32 Å². The van der Waals surface area contributed by atoms with Gasteiger partial charge in [0.2, 0.25) is 0 Å². The summed E-state index contributed by atoms with van der Waals surface area (Å²) in [5, 5.41) is 16.0. The average molecular weight is 375 g/mol. The second-order valence-electron chi connectivity index (χ2n) is 6.50. The predicted octanol–water partition coefficient (Wildman–Crippen LogP) is 6.10. The number of aromatic hydroxyl groups is 1. The Morgan fingerprint density at radius 1 is 0.889 bits per heavy atom. The van der Waals surface area contributed by atoms with Crippen LogP contribution in [0.15, 0.2) is 78.9 Å². The highest BCUT2D eigenvalue weighted by molar-refractivity contribution is 6.33. The third-order valence-corrected chi connectivity index (χ3v) is 4.95. The van der Waals surface area contributed by atoms with Crippen molar-refractivity contribution in [3.05, 3.63) is 101 Å². The van der Waals surface area contributed by atoms with Crippen LogP contribution in [0.1, 0.15) is 22.9 Å². The molecule has 0 radical (unpaired) electrons. The standard InChI is InChI=1S/C23H19ClN2O/c1-15-11-12-17-13-14-18(23(27)22(17)25-15)21(16-7-3-2-4-8-16)26-20-10-6-5-9-19(20)24/h2-14,21,26-27H,1H3. The number of anilines is 1. The molecule has 2 N–H and O–H groups in total. The van der Waals surface area contributed by atoms with Gasteiger partial charge in [0.15, 0.2) is 0 Å². The molecule has 3 nitrogen and oxygen atoms in total. The predicted molar refractivity (Wildman–Crippen MR) is 112 cm³/mol. The maximum Gasteiger partial charge on any atom is 0.147 e. The fourth-order valence-corrected chi connectivity index (χ4v) is 3.43. The Labute approximate surface area is 163 Å². The largest absolute Gasteiger partial charge is 0.505 e. The summed E-state index contributed by atoms with van der Waals surface area (Å²) in [6, 6.07) is 25.2. The quantitative estimate of drug-likeness (QED) is 0.453. The smallest absolute Gasteiger partial charge is 0.147 e. The summed E-state index contributed by atoms with van der Waals surface area (Å²) in [4.78, 5) is 4.53. The summed E-state index contributed by atoms with van der Waals surface area (Å²) in [5.41, 5.74) is 4.07. The van der Waals surface area contributed by atoms with E-state index in [1.54, 1.807) is 0 Å². The minimum atomic E-state index is -0.266. The molecule has 0 fully saturated rings. The van der Waals surface area contributed by atoms with E-state index < -0.39 is 0 Å². The number of phenols is 1. The molecular formula is C23H19ClN2O. The van der Waals surface area contributed by atoms with Gasteiger partial charge in [-0.05, 0) is 30.7 Å². The summed E-state index contributed by atoms with van der Waals surface area (Å²) in [6.07, 6.45) is 0. The normalized spacial score (nSPS) is 12.1. The van der Waals surface area contributed by atoms with Gasteiger partial charge in [0, 0.05) is 16.6 Å². The van der Waals surface area contributed by atoms with Crippen LogP contribution in [-0.2, 0) is 0 Å². The lowest BCUT2D eigenvalue weighted by Gasteiger charge is -2.23. The van der Waals surface area contributed by atoms with E-state index in [0.717, 1.165) is 27.9 Å². The molecule has 4 aromatic rings. The highest BCUT2D eigenvalue weighted by Gasteiger charge is 2.20. The molecule has 134 valence electrons. The molecule has 0 aliphatic rings. The Bertz CT molecular complexity index is 1100. The van der Waals surface area contributed by atoms with Crippen molar-refractivity contribution in [2.45, 2.75) is 13.0 Å². The highest BCUT2D eigenvalue weighted by atomic mass is 35.5. The van der Waals surface area contributed by atoms with Gasteiger partial charge in [-0.3, -0.25) is 0 Å². The molecule has 27 heavy (non-hydrogen) atoms. The van der Waals surface area contributed by atoms with Crippen molar-refractivity contribution < 1.29 is 5.11 Å². The number of aromatic nitrogens is 1. The monoisotopic (exact) mass is 374 g/mol. The first-order valence-electron chi connectivity index (χ1n) is 8.79. The van der Waals surface area contributed by atoms with E-state index in [4.69, 9.17) is 11.6 Å². The molecule has 1 aromatic heterocycles. The number of hydrogen-bond acceptors (Lipinski definition) is 3. The van der Waals surface area contributed by atoms with Crippen molar-refractivity contribution in [1.82, 2.24) is 4.98 Å². The maximum absolute atomic E-state index is 11.0. The molecule has 0 saturated heterocycles. The number of halogens is 1. The molecular weight excluding hydrogens is 356 g/mol. The highest BCUT2D eigenvalue weighted by Crippen LogP contribution is 2.37. The minimum Gasteiger partial charge on any atom is -0.505 e. The van der Waals surface area contributed by atoms with Crippen molar-refractivity contribution in [2.24, 2.45) is 0 Å². The van der Waals surface area contributed by atoms with Crippen LogP contribution in [0.2, 0.25) is 5.02 Å². The molecule has 4 heteroatoms. The van der Waals surface area contributed by atoms with E-state index in [2.05, 4.69) is 10.3 Å². The molecule has 3 aromatic carbocycles. The number of fused-ring (bicyclic) bond motifs is 1. The van der Waals surface area contributed by atoms with Crippen LogP contribution >= 0.6 is 11.6 Å². The summed E-state index contributed by atoms with van der Waals surface area (Å²) < 4.78 is 0. The second kappa shape index (κ2) is 7.29. The molecule has 0 saturated carbocycles. The molecule has 1 atom stereocenters. The van der Waals surface area contributed by atoms with Gasteiger partial charge in [-0.1, -0.05) is 72.3 Å². The molecule has 0 aliphatic carbocycles. The molecule has 0 bridgehead atoms. The Balaban J connectivity index is 1.87.